The van der Waals surface area contributed by atoms with E-state index >= 15 is 0 Å². The zero-order valence-electron chi connectivity index (χ0n) is 24.9. The van der Waals surface area contributed by atoms with E-state index in [-0.39, 0.29) is 17.4 Å². The predicted octanol–water partition coefficient (Wildman–Crippen LogP) is 7.26. The Morgan fingerprint density at radius 1 is 1.02 bits per heavy atom. The van der Waals surface area contributed by atoms with E-state index in [9.17, 15) is 27.2 Å². The van der Waals surface area contributed by atoms with E-state index in [1.165, 1.54) is 6.07 Å². The van der Waals surface area contributed by atoms with Crippen molar-refractivity contribution in [1.82, 2.24) is 25.6 Å². The van der Waals surface area contributed by atoms with Crippen molar-refractivity contribution in [2.24, 2.45) is 17.8 Å². The van der Waals surface area contributed by atoms with Gasteiger partial charge in [-0.05, 0) is 103 Å². The van der Waals surface area contributed by atoms with Crippen molar-refractivity contribution in [2.45, 2.75) is 51.6 Å². The highest BCUT2D eigenvalue weighted by molar-refractivity contribution is 6.13. The summed E-state index contributed by atoms with van der Waals surface area (Å²) in [7, 11) is 0. The summed E-state index contributed by atoms with van der Waals surface area (Å²) in [5.41, 5.74) is 1.40. The van der Waals surface area contributed by atoms with Crippen molar-refractivity contribution >= 4 is 39.9 Å². The van der Waals surface area contributed by atoms with Gasteiger partial charge in [0.1, 0.15) is 5.82 Å². The van der Waals surface area contributed by atoms with Crippen molar-refractivity contribution in [1.29, 1.82) is 0 Å². The summed E-state index contributed by atoms with van der Waals surface area (Å²) < 4.78 is 54.1. The average Bonchev–Trinajstić information content (AvgIpc) is 3.54. The van der Waals surface area contributed by atoms with E-state index in [1.54, 1.807) is 13.0 Å². The largest absolute Gasteiger partial charge is 0.418 e. The van der Waals surface area contributed by atoms with Gasteiger partial charge in [0.2, 0.25) is 5.91 Å². The minimum absolute atomic E-state index is 0.105. The second kappa shape index (κ2) is 12.8. The molecule has 0 radical (unpaired) electrons. The number of aryl methyl sites for hydroxylation is 1. The number of benzene rings is 2. The number of aromatic nitrogens is 5. The number of rotatable bonds is 7. The molecular weight excluding hydrogens is 602 g/mol. The molecule has 4 aromatic rings. The lowest BCUT2D eigenvalue weighted by atomic mass is 9.72. The molecule has 1 saturated carbocycles. The molecule has 2 aliphatic carbocycles. The SMILES string of the molecule is Cc1cc(C(=O)Nc2ccc(F)cc2C(F)(F)F)c2ccc(C3=CCC(C4CCC(CC(=O)Nc5nn[nH]n5)CC4)C=C3)cc2n1. The number of anilines is 2. The van der Waals surface area contributed by atoms with E-state index in [1.807, 2.05) is 12.1 Å². The maximum Gasteiger partial charge on any atom is 0.418 e. The van der Waals surface area contributed by atoms with Crippen LogP contribution in [0.25, 0.3) is 16.5 Å². The molecule has 0 saturated heterocycles. The number of hydrogen-bond donors (Lipinski definition) is 3. The van der Waals surface area contributed by atoms with Crippen LogP contribution in [0.1, 0.15) is 65.7 Å². The van der Waals surface area contributed by atoms with E-state index in [0.29, 0.717) is 46.8 Å². The molecule has 1 fully saturated rings. The molecule has 0 aliphatic heterocycles. The molecule has 13 heteroatoms. The molecule has 2 amide bonds. The minimum Gasteiger partial charge on any atom is -0.321 e. The number of amides is 2. The number of aromatic amines is 1. The normalized spacial score (nSPS) is 19.9. The first-order chi connectivity index (χ1) is 22.0. The fourth-order valence-corrected chi connectivity index (χ4v) is 6.45. The number of nitrogens with zero attached hydrogens (tertiary/aromatic N) is 4. The standard InChI is InChI=1S/C33H31F4N7O2/c1-18-14-26(31(46)39-28-13-11-24(34)17-27(28)33(35,36)37)25-12-10-23(16-29(25)38-18)22-8-6-21(7-9-22)20-4-2-19(3-5-20)15-30(45)40-32-41-43-44-42-32/h6,8-14,16-17,19-21H,2-5,7,15H2,1H3,(H,39,46)(H2,40,41,42,43,44,45). The van der Waals surface area contributed by atoms with Crippen molar-refractivity contribution < 1.29 is 27.2 Å². The van der Waals surface area contributed by atoms with E-state index < -0.39 is 29.2 Å². The first-order valence-corrected chi connectivity index (χ1v) is 15.0. The van der Waals surface area contributed by atoms with Crippen LogP contribution in [0.3, 0.4) is 0 Å². The lowest BCUT2D eigenvalue weighted by Gasteiger charge is -2.33. The first-order valence-electron chi connectivity index (χ1n) is 15.0. The molecule has 46 heavy (non-hydrogen) atoms. The van der Waals surface area contributed by atoms with Crippen LogP contribution in [0.15, 0.2) is 60.7 Å². The van der Waals surface area contributed by atoms with Crippen LogP contribution >= 0.6 is 0 Å². The Labute approximate surface area is 261 Å². The van der Waals surface area contributed by atoms with Gasteiger partial charge < -0.3 is 5.32 Å². The second-order valence-corrected chi connectivity index (χ2v) is 11.9. The number of allylic oxidation sites excluding steroid dienone is 4. The number of alkyl halides is 3. The number of pyridine rings is 1. The van der Waals surface area contributed by atoms with Gasteiger partial charge in [-0.1, -0.05) is 35.5 Å². The summed E-state index contributed by atoms with van der Waals surface area (Å²) in [6, 6.07) is 9.15. The Hall–Kier alpha value is -4.94. The van der Waals surface area contributed by atoms with Crippen molar-refractivity contribution in [2.75, 3.05) is 10.6 Å². The topological polar surface area (TPSA) is 126 Å². The number of carbonyl (C=O) groups is 2. The van der Waals surface area contributed by atoms with Crippen LogP contribution in [-0.2, 0) is 11.0 Å². The van der Waals surface area contributed by atoms with Gasteiger partial charge in [0.25, 0.3) is 11.9 Å². The number of carbonyl (C=O) groups excluding carboxylic acids is 2. The maximum atomic E-state index is 13.6. The molecule has 9 nitrogen and oxygen atoms in total. The fourth-order valence-electron chi connectivity index (χ4n) is 6.45. The van der Waals surface area contributed by atoms with Gasteiger partial charge in [-0.25, -0.2) is 4.39 Å². The maximum absolute atomic E-state index is 13.6. The summed E-state index contributed by atoms with van der Waals surface area (Å²) >= 11 is 0. The zero-order chi connectivity index (χ0) is 32.4. The van der Waals surface area contributed by atoms with Crippen LogP contribution in [0.4, 0.5) is 29.2 Å². The second-order valence-electron chi connectivity index (χ2n) is 11.9. The third-order valence-electron chi connectivity index (χ3n) is 8.75. The van der Waals surface area contributed by atoms with Crippen LogP contribution < -0.4 is 10.6 Å². The molecule has 0 spiro atoms. The quantitative estimate of drug-likeness (QED) is 0.184. The number of halogens is 4. The Morgan fingerprint density at radius 2 is 1.83 bits per heavy atom. The smallest absolute Gasteiger partial charge is 0.321 e. The highest BCUT2D eigenvalue weighted by Crippen LogP contribution is 2.40. The van der Waals surface area contributed by atoms with Gasteiger partial charge in [-0.15, -0.1) is 5.10 Å². The van der Waals surface area contributed by atoms with Crippen LogP contribution in [0.5, 0.6) is 0 Å². The van der Waals surface area contributed by atoms with Gasteiger partial charge in [0.15, 0.2) is 0 Å². The molecule has 0 bridgehead atoms. The third-order valence-corrected chi connectivity index (χ3v) is 8.75. The summed E-state index contributed by atoms with van der Waals surface area (Å²) in [5.74, 6) is -0.457. The first kappa shape index (κ1) is 31.1. The van der Waals surface area contributed by atoms with E-state index in [2.05, 4.69) is 54.5 Å². The van der Waals surface area contributed by atoms with Crippen LogP contribution in [0.2, 0.25) is 0 Å². The predicted molar refractivity (Wildman–Crippen MR) is 164 cm³/mol. The Kier molecular flexibility index (Phi) is 8.65. The molecule has 3 N–H and O–H groups in total. The summed E-state index contributed by atoms with van der Waals surface area (Å²) in [6.45, 7) is 1.71. The average molecular weight is 634 g/mol. The lowest BCUT2D eigenvalue weighted by Crippen LogP contribution is -2.24. The summed E-state index contributed by atoms with van der Waals surface area (Å²) in [5, 5.41) is 18.7. The number of fused-ring (bicyclic) bond motifs is 1. The summed E-state index contributed by atoms with van der Waals surface area (Å²) in [6.07, 6.45) is 7.09. The number of tetrazole rings is 1. The van der Waals surface area contributed by atoms with Crippen molar-refractivity contribution in [3.63, 3.8) is 0 Å². The van der Waals surface area contributed by atoms with Gasteiger partial charge in [0.05, 0.1) is 22.3 Å². The molecule has 6 rings (SSSR count). The monoisotopic (exact) mass is 633 g/mol. The van der Waals surface area contributed by atoms with Crippen molar-refractivity contribution in [3.8, 4) is 0 Å². The fraction of sp³-hybridized carbons (Fsp3) is 0.333. The van der Waals surface area contributed by atoms with Gasteiger partial charge in [-0.2, -0.15) is 18.4 Å². The molecule has 2 aromatic carbocycles. The number of nitrogens with one attached hydrogen (secondary N) is 3. The third kappa shape index (κ3) is 6.98. The molecule has 2 heterocycles. The van der Waals surface area contributed by atoms with E-state index in [4.69, 9.17) is 0 Å². The number of hydrogen-bond acceptors (Lipinski definition) is 6. The van der Waals surface area contributed by atoms with Gasteiger partial charge in [-0.3, -0.25) is 19.9 Å². The Balaban J connectivity index is 1.10. The summed E-state index contributed by atoms with van der Waals surface area (Å²) in [4.78, 5) is 30.1. The van der Waals surface area contributed by atoms with E-state index in [0.717, 1.165) is 55.4 Å². The highest BCUT2D eigenvalue weighted by Gasteiger charge is 2.35. The van der Waals surface area contributed by atoms with Gasteiger partial charge >= 0.3 is 6.18 Å². The molecular formula is C33H31F4N7O2. The van der Waals surface area contributed by atoms with Crippen molar-refractivity contribution in [3.05, 3.63) is 88.9 Å². The molecule has 1 unspecified atom stereocenters. The van der Waals surface area contributed by atoms with Crippen LogP contribution in [-0.4, -0.2) is 37.4 Å². The van der Waals surface area contributed by atoms with Crippen LogP contribution in [0, 0.1) is 30.5 Å². The van der Waals surface area contributed by atoms with Gasteiger partial charge in [0, 0.05) is 17.5 Å². The molecule has 2 aliphatic rings. The highest BCUT2D eigenvalue weighted by atomic mass is 19.4. The minimum atomic E-state index is -4.84. The number of H-pyrrole nitrogens is 1. The lowest BCUT2D eigenvalue weighted by molar-refractivity contribution is -0.137. The zero-order valence-corrected chi connectivity index (χ0v) is 24.9. The Morgan fingerprint density at radius 3 is 2.52 bits per heavy atom. The molecule has 2 aromatic heterocycles. The Bertz CT molecular complexity index is 1830. The molecule has 238 valence electrons. The molecule has 1 atom stereocenters.